The van der Waals surface area contributed by atoms with E-state index >= 15 is 0 Å². The Hall–Kier alpha value is -2.64. The first-order valence-electron chi connectivity index (χ1n) is 9.24. The van der Waals surface area contributed by atoms with Gasteiger partial charge in [-0.15, -0.1) is 0 Å². The lowest BCUT2D eigenvalue weighted by molar-refractivity contribution is -0.136. The molecule has 28 heavy (non-hydrogen) atoms. The Kier molecular flexibility index (Phi) is 5.45. The summed E-state index contributed by atoms with van der Waals surface area (Å²) in [4.78, 5) is 21.3. The Morgan fingerprint density at radius 1 is 1.25 bits per heavy atom. The molecule has 7 heteroatoms. The van der Waals surface area contributed by atoms with Gasteiger partial charge in [0.2, 0.25) is 11.8 Å². The molecule has 3 heterocycles. The second-order valence-electron chi connectivity index (χ2n) is 6.91. The number of aromatic nitrogens is 1. The summed E-state index contributed by atoms with van der Waals surface area (Å²) >= 11 is 1.62. The van der Waals surface area contributed by atoms with E-state index in [1.807, 2.05) is 52.9 Å². The van der Waals surface area contributed by atoms with E-state index in [-0.39, 0.29) is 5.91 Å². The second kappa shape index (κ2) is 8.16. The van der Waals surface area contributed by atoms with Crippen LogP contribution in [0.2, 0.25) is 0 Å². The first-order chi connectivity index (χ1) is 13.6. The first kappa shape index (κ1) is 18.7. The highest BCUT2D eigenvalue weighted by Gasteiger charge is 2.25. The van der Waals surface area contributed by atoms with Gasteiger partial charge >= 0.3 is 0 Å². The van der Waals surface area contributed by atoms with Crippen molar-refractivity contribution >= 4 is 17.2 Å². The van der Waals surface area contributed by atoms with Gasteiger partial charge < -0.3 is 14.1 Å². The van der Waals surface area contributed by atoms with Gasteiger partial charge in [-0.05, 0) is 36.1 Å². The number of hydrogen-bond acceptors (Lipinski definition) is 6. The minimum Gasteiger partial charge on any atom is -0.497 e. The molecule has 6 nitrogen and oxygen atoms in total. The molecule has 0 radical (unpaired) electrons. The van der Waals surface area contributed by atoms with Crippen LogP contribution < -0.4 is 4.74 Å². The fourth-order valence-electron chi connectivity index (χ4n) is 3.35. The lowest BCUT2D eigenvalue weighted by Gasteiger charge is -2.34. The average Bonchev–Trinajstić information content (AvgIpc) is 3.35. The molecule has 0 saturated carbocycles. The lowest BCUT2D eigenvalue weighted by atomic mass is 10.2. The molecule has 1 aromatic carbocycles. The molecule has 0 bridgehead atoms. The van der Waals surface area contributed by atoms with E-state index < -0.39 is 0 Å². The van der Waals surface area contributed by atoms with Gasteiger partial charge in [0.05, 0.1) is 19.3 Å². The maximum atomic E-state index is 12.6. The van der Waals surface area contributed by atoms with Crippen LogP contribution in [0.5, 0.6) is 5.75 Å². The number of nitrogens with zero attached hydrogens (tertiary/aromatic N) is 3. The van der Waals surface area contributed by atoms with E-state index in [4.69, 9.17) is 9.15 Å². The molecule has 0 atom stereocenters. The Balaban J connectivity index is 1.37. The van der Waals surface area contributed by atoms with Crippen molar-refractivity contribution in [2.75, 3.05) is 26.7 Å². The summed E-state index contributed by atoms with van der Waals surface area (Å²) in [6, 6.07) is 9.86. The van der Waals surface area contributed by atoms with E-state index in [2.05, 4.69) is 9.88 Å². The molecule has 4 rings (SSSR count). The van der Waals surface area contributed by atoms with Crippen LogP contribution in [0.3, 0.4) is 0 Å². The number of carbonyl (C=O) groups is 1. The zero-order valence-electron chi connectivity index (χ0n) is 16.1. The largest absolute Gasteiger partial charge is 0.497 e. The topological polar surface area (TPSA) is 58.8 Å². The van der Waals surface area contributed by atoms with E-state index in [1.54, 1.807) is 18.4 Å². The van der Waals surface area contributed by atoms with Crippen molar-refractivity contribution in [3.63, 3.8) is 0 Å². The van der Waals surface area contributed by atoms with Crippen LogP contribution >= 0.6 is 11.3 Å². The van der Waals surface area contributed by atoms with Gasteiger partial charge in [0, 0.05) is 37.1 Å². The molecule has 0 N–H and O–H groups in total. The number of rotatable bonds is 6. The summed E-state index contributed by atoms with van der Waals surface area (Å²) in [7, 11) is 1.65. The minimum atomic E-state index is 0.133. The molecule has 2 aromatic heterocycles. The number of hydrogen-bond donors (Lipinski definition) is 0. The predicted molar refractivity (Wildman–Crippen MR) is 108 cm³/mol. The number of thiophene rings is 1. The van der Waals surface area contributed by atoms with Gasteiger partial charge in [0.1, 0.15) is 11.5 Å². The lowest BCUT2D eigenvalue weighted by Crippen LogP contribution is -2.49. The molecule has 1 fully saturated rings. The summed E-state index contributed by atoms with van der Waals surface area (Å²) in [5.74, 6) is 2.41. The van der Waals surface area contributed by atoms with Gasteiger partial charge in [-0.2, -0.15) is 11.3 Å². The van der Waals surface area contributed by atoms with Crippen LogP contribution in [0.15, 0.2) is 45.5 Å². The summed E-state index contributed by atoms with van der Waals surface area (Å²) in [5, 5.41) is 4.03. The highest BCUT2D eigenvalue weighted by atomic mass is 32.1. The highest BCUT2D eigenvalue weighted by molar-refractivity contribution is 7.08. The van der Waals surface area contributed by atoms with Crippen molar-refractivity contribution < 1.29 is 13.9 Å². The Labute approximate surface area is 168 Å². The number of methoxy groups -OCH3 is 1. The molecule has 1 saturated heterocycles. The fraction of sp³-hybridized carbons (Fsp3) is 0.333. The number of piperazine rings is 1. The van der Waals surface area contributed by atoms with Crippen LogP contribution in [0.1, 0.15) is 17.0 Å². The van der Waals surface area contributed by atoms with Crippen molar-refractivity contribution in [1.82, 2.24) is 14.8 Å². The van der Waals surface area contributed by atoms with Gasteiger partial charge in [0.15, 0.2) is 0 Å². The van der Waals surface area contributed by atoms with Gasteiger partial charge in [0.25, 0.3) is 0 Å². The van der Waals surface area contributed by atoms with Crippen molar-refractivity contribution in [3.05, 3.63) is 58.1 Å². The molecular formula is C21H23N3O3S. The molecule has 0 unspecified atom stereocenters. The summed E-state index contributed by atoms with van der Waals surface area (Å²) in [6.45, 7) is 5.07. The molecule has 3 aromatic rings. The third-order valence-corrected chi connectivity index (χ3v) is 5.62. The SMILES string of the molecule is COc1cccc(CN2CCN(Cc3nc(-c4ccsc4)oc3C)CC2=O)c1. The summed E-state index contributed by atoms with van der Waals surface area (Å²) in [6.07, 6.45) is 0. The number of aryl methyl sites for hydroxylation is 1. The molecular weight excluding hydrogens is 374 g/mol. The molecule has 0 aliphatic carbocycles. The zero-order valence-corrected chi connectivity index (χ0v) is 16.9. The average molecular weight is 398 g/mol. The third kappa shape index (κ3) is 4.10. The summed E-state index contributed by atoms with van der Waals surface area (Å²) < 4.78 is 11.1. The number of carbonyl (C=O) groups excluding carboxylic acids is 1. The van der Waals surface area contributed by atoms with Gasteiger partial charge in [-0.1, -0.05) is 12.1 Å². The molecule has 146 valence electrons. The van der Waals surface area contributed by atoms with E-state index in [1.165, 1.54) is 0 Å². The number of ether oxygens (including phenoxy) is 1. The Morgan fingerprint density at radius 2 is 2.14 bits per heavy atom. The van der Waals surface area contributed by atoms with Crippen molar-refractivity contribution in [2.24, 2.45) is 0 Å². The summed E-state index contributed by atoms with van der Waals surface area (Å²) in [5.41, 5.74) is 2.97. The maximum Gasteiger partial charge on any atom is 0.237 e. The standard InChI is InChI=1S/C21H23N3O3S/c1-15-19(22-21(27-15)17-6-9-28-14-17)12-23-7-8-24(20(25)13-23)11-16-4-3-5-18(10-16)26-2/h3-6,9-10,14H,7-8,11-13H2,1-2H3. The molecule has 1 aliphatic heterocycles. The van der Waals surface area contributed by atoms with E-state index in [9.17, 15) is 4.79 Å². The second-order valence-corrected chi connectivity index (χ2v) is 7.69. The number of amides is 1. The smallest absolute Gasteiger partial charge is 0.237 e. The van der Waals surface area contributed by atoms with Gasteiger partial charge in [-0.3, -0.25) is 9.69 Å². The van der Waals surface area contributed by atoms with Crippen LogP contribution in [0.4, 0.5) is 0 Å². The highest BCUT2D eigenvalue weighted by Crippen LogP contribution is 2.25. The predicted octanol–water partition coefficient (Wildman–Crippen LogP) is 3.56. The Morgan fingerprint density at radius 3 is 2.89 bits per heavy atom. The monoisotopic (exact) mass is 397 g/mol. The number of oxazole rings is 1. The van der Waals surface area contributed by atoms with Crippen molar-refractivity contribution in [1.29, 1.82) is 0 Å². The van der Waals surface area contributed by atoms with Gasteiger partial charge in [-0.25, -0.2) is 4.98 Å². The minimum absolute atomic E-state index is 0.133. The quantitative estimate of drug-likeness (QED) is 0.636. The normalized spacial score (nSPS) is 15.2. The molecule has 0 spiro atoms. The fourth-order valence-corrected chi connectivity index (χ4v) is 3.98. The van der Waals surface area contributed by atoms with Crippen LogP contribution in [0, 0.1) is 6.92 Å². The zero-order chi connectivity index (χ0) is 19.5. The van der Waals surface area contributed by atoms with Crippen LogP contribution in [0.25, 0.3) is 11.5 Å². The third-order valence-electron chi connectivity index (χ3n) is 4.94. The molecule has 1 aliphatic rings. The first-order valence-corrected chi connectivity index (χ1v) is 10.2. The van der Waals surface area contributed by atoms with E-state index in [0.29, 0.717) is 32.1 Å². The Bertz CT molecular complexity index is 952. The van der Waals surface area contributed by atoms with Crippen LogP contribution in [-0.2, 0) is 17.9 Å². The number of benzene rings is 1. The van der Waals surface area contributed by atoms with Crippen LogP contribution in [-0.4, -0.2) is 47.4 Å². The molecule has 1 amide bonds. The van der Waals surface area contributed by atoms with Crippen molar-refractivity contribution in [2.45, 2.75) is 20.0 Å². The van der Waals surface area contributed by atoms with E-state index in [0.717, 1.165) is 34.9 Å². The van der Waals surface area contributed by atoms with Crippen molar-refractivity contribution in [3.8, 4) is 17.2 Å². The maximum absolute atomic E-state index is 12.6.